The van der Waals surface area contributed by atoms with E-state index in [2.05, 4.69) is 38.2 Å². The Hall–Kier alpha value is -2.00. The van der Waals surface area contributed by atoms with Gasteiger partial charge in [0.25, 0.3) is 0 Å². The van der Waals surface area contributed by atoms with Crippen LogP contribution in [0, 0.1) is 0 Å². The largest absolute Gasteiger partial charge is 0.506 e. The predicted molar refractivity (Wildman–Crippen MR) is 93.8 cm³/mol. The van der Waals surface area contributed by atoms with Gasteiger partial charge in [0.05, 0.1) is 11.4 Å². The lowest BCUT2D eigenvalue weighted by Crippen LogP contribution is -2.24. The first-order valence-corrected chi connectivity index (χ1v) is 7.97. The summed E-state index contributed by atoms with van der Waals surface area (Å²) in [5, 5.41) is 12.5. The molecule has 0 fully saturated rings. The van der Waals surface area contributed by atoms with E-state index in [0.29, 0.717) is 6.54 Å². The number of phenols is 1. The molecule has 2 rings (SSSR count). The van der Waals surface area contributed by atoms with Crippen LogP contribution < -0.4 is 5.32 Å². The summed E-state index contributed by atoms with van der Waals surface area (Å²) in [6.07, 6.45) is 0.236. The van der Waals surface area contributed by atoms with Crippen molar-refractivity contribution in [3.8, 4) is 5.75 Å². The molecule has 2 N–H and O–H groups in total. The Bertz CT molecular complexity index is 688. The SMILES string of the molecule is CC(C)(C)c1ccc(CNC(=O)Cc2ccc(O)c(Cl)c2)cc1. The van der Waals surface area contributed by atoms with Gasteiger partial charge < -0.3 is 10.4 Å². The quantitative estimate of drug-likeness (QED) is 0.882. The molecule has 0 aromatic heterocycles. The number of hydrogen-bond donors (Lipinski definition) is 2. The predicted octanol–water partition coefficient (Wildman–Crippen LogP) is 4.20. The molecule has 0 aliphatic rings. The van der Waals surface area contributed by atoms with Gasteiger partial charge in [0.2, 0.25) is 5.91 Å². The Morgan fingerprint density at radius 1 is 1.09 bits per heavy atom. The van der Waals surface area contributed by atoms with Gasteiger partial charge in [-0.1, -0.05) is 62.7 Å². The minimum atomic E-state index is -0.0772. The highest BCUT2D eigenvalue weighted by Crippen LogP contribution is 2.24. The van der Waals surface area contributed by atoms with Crippen LogP contribution in [0.3, 0.4) is 0 Å². The zero-order valence-electron chi connectivity index (χ0n) is 13.7. The number of benzene rings is 2. The van der Waals surface area contributed by atoms with Crippen LogP contribution in [0.1, 0.15) is 37.5 Å². The lowest BCUT2D eigenvalue weighted by Gasteiger charge is -2.19. The number of nitrogens with one attached hydrogen (secondary N) is 1. The second kappa shape index (κ2) is 7.05. The van der Waals surface area contributed by atoms with Crippen LogP contribution in [0.5, 0.6) is 5.75 Å². The van der Waals surface area contributed by atoms with Crippen LogP contribution in [-0.4, -0.2) is 11.0 Å². The molecular weight excluding hydrogens is 310 g/mol. The van der Waals surface area contributed by atoms with Gasteiger partial charge in [-0.25, -0.2) is 0 Å². The fourth-order valence-corrected chi connectivity index (χ4v) is 2.43. The second-order valence-corrected chi connectivity index (χ2v) is 7.09. The molecule has 0 radical (unpaired) electrons. The zero-order chi connectivity index (χ0) is 17.0. The number of carbonyl (C=O) groups excluding carboxylic acids is 1. The van der Waals surface area contributed by atoms with Gasteiger partial charge in [-0.3, -0.25) is 4.79 Å². The van der Waals surface area contributed by atoms with Gasteiger partial charge in [-0.05, 0) is 34.2 Å². The number of halogens is 1. The molecule has 4 heteroatoms. The summed E-state index contributed by atoms with van der Waals surface area (Å²) in [7, 11) is 0. The molecule has 3 nitrogen and oxygen atoms in total. The third kappa shape index (κ3) is 5.00. The number of carbonyl (C=O) groups is 1. The van der Waals surface area contributed by atoms with Crippen molar-refractivity contribution < 1.29 is 9.90 Å². The number of rotatable bonds is 4. The smallest absolute Gasteiger partial charge is 0.224 e. The molecule has 122 valence electrons. The third-order valence-corrected chi connectivity index (χ3v) is 3.99. The normalized spacial score (nSPS) is 11.3. The van der Waals surface area contributed by atoms with Crippen molar-refractivity contribution in [3.05, 3.63) is 64.2 Å². The highest BCUT2D eigenvalue weighted by atomic mass is 35.5. The Morgan fingerprint density at radius 3 is 2.26 bits per heavy atom. The molecule has 1 amide bonds. The molecule has 0 bridgehead atoms. The third-order valence-electron chi connectivity index (χ3n) is 3.69. The van der Waals surface area contributed by atoms with E-state index in [-0.39, 0.29) is 28.5 Å². The van der Waals surface area contributed by atoms with Crippen molar-refractivity contribution in [2.24, 2.45) is 0 Å². The summed E-state index contributed by atoms with van der Waals surface area (Å²) < 4.78 is 0. The molecule has 2 aromatic rings. The molecule has 0 atom stereocenters. The highest BCUT2D eigenvalue weighted by Gasteiger charge is 2.13. The van der Waals surface area contributed by atoms with Gasteiger partial charge >= 0.3 is 0 Å². The van der Waals surface area contributed by atoms with E-state index >= 15 is 0 Å². The Balaban J connectivity index is 1.90. The molecule has 23 heavy (non-hydrogen) atoms. The molecule has 0 saturated carbocycles. The van der Waals surface area contributed by atoms with E-state index in [1.807, 2.05) is 12.1 Å². The zero-order valence-corrected chi connectivity index (χ0v) is 14.4. The van der Waals surface area contributed by atoms with Crippen LogP contribution in [0.25, 0.3) is 0 Å². The van der Waals surface area contributed by atoms with Crippen molar-refractivity contribution in [1.29, 1.82) is 0 Å². The van der Waals surface area contributed by atoms with Crippen molar-refractivity contribution >= 4 is 17.5 Å². The van der Waals surface area contributed by atoms with Crippen LogP contribution in [0.15, 0.2) is 42.5 Å². The summed E-state index contributed by atoms with van der Waals surface area (Å²) >= 11 is 5.84. The number of aromatic hydroxyl groups is 1. The summed E-state index contributed by atoms with van der Waals surface area (Å²) in [4.78, 5) is 12.0. The van der Waals surface area contributed by atoms with E-state index in [1.54, 1.807) is 12.1 Å². The topological polar surface area (TPSA) is 49.3 Å². The fourth-order valence-electron chi connectivity index (χ4n) is 2.23. The van der Waals surface area contributed by atoms with Gasteiger partial charge in [0.15, 0.2) is 0 Å². The molecular formula is C19H22ClNO2. The highest BCUT2D eigenvalue weighted by molar-refractivity contribution is 6.32. The minimum Gasteiger partial charge on any atom is -0.506 e. The summed E-state index contributed by atoms with van der Waals surface area (Å²) in [6.45, 7) is 7.01. The maximum Gasteiger partial charge on any atom is 0.224 e. The molecule has 0 aliphatic heterocycles. The molecule has 2 aromatic carbocycles. The van der Waals surface area contributed by atoms with E-state index in [0.717, 1.165) is 11.1 Å². The van der Waals surface area contributed by atoms with Gasteiger partial charge in [-0.15, -0.1) is 0 Å². The number of hydrogen-bond acceptors (Lipinski definition) is 2. The maximum atomic E-state index is 12.0. The summed E-state index contributed by atoms with van der Waals surface area (Å²) in [5.74, 6) is -0.0542. The lowest BCUT2D eigenvalue weighted by atomic mass is 9.87. The Labute approximate surface area is 142 Å². The average molecular weight is 332 g/mol. The molecule has 0 spiro atoms. The second-order valence-electron chi connectivity index (χ2n) is 6.69. The summed E-state index contributed by atoms with van der Waals surface area (Å²) in [5.41, 5.74) is 3.23. The van der Waals surface area contributed by atoms with Crippen molar-refractivity contribution in [3.63, 3.8) is 0 Å². The van der Waals surface area contributed by atoms with Gasteiger partial charge in [0, 0.05) is 6.54 Å². The van der Waals surface area contributed by atoms with Crippen LogP contribution in [0.2, 0.25) is 5.02 Å². The first kappa shape index (κ1) is 17.4. The van der Waals surface area contributed by atoms with Crippen molar-refractivity contribution in [1.82, 2.24) is 5.32 Å². The van der Waals surface area contributed by atoms with E-state index in [4.69, 9.17) is 11.6 Å². The molecule has 0 unspecified atom stereocenters. The molecule has 0 saturated heterocycles. The van der Waals surface area contributed by atoms with E-state index in [9.17, 15) is 9.90 Å². The molecule has 0 aliphatic carbocycles. The first-order valence-electron chi connectivity index (χ1n) is 7.59. The monoisotopic (exact) mass is 331 g/mol. The maximum absolute atomic E-state index is 12.0. The van der Waals surface area contributed by atoms with Crippen molar-refractivity contribution in [2.45, 2.75) is 39.2 Å². The molecule has 0 heterocycles. The lowest BCUT2D eigenvalue weighted by molar-refractivity contribution is -0.120. The van der Waals surface area contributed by atoms with E-state index in [1.165, 1.54) is 11.6 Å². The van der Waals surface area contributed by atoms with Crippen LogP contribution in [-0.2, 0) is 23.2 Å². The number of amides is 1. The Kier molecular flexibility index (Phi) is 5.32. The number of phenolic OH excluding ortho intramolecular Hbond substituents is 1. The van der Waals surface area contributed by atoms with E-state index < -0.39 is 0 Å². The summed E-state index contributed by atoms with van der Waals surface area (Å²) in [6, 6.07) is 13.1. The standard InChI is InChI=1S/C19H22ClNO2/c1-19(2,3)15-7-4-13(5-8-15)12-21-18(23)11-14-6-9-17(22)16(20)10-14/h4-10,22H,11-12H2,1-3H3,(H,21,23). The Morgan fingerprint density at radius 2 is 1.70 bits per heavy atom. The van der Waals surface area contributed by atoms with Crippen molar-refractivity contribution in [2.75, 3.05) is 0 Å². The van der Waals surface area contributed by atoms with Gasteiger partial charge in [0.1, 0.15) is 5.75 Å². The first-order chi connectivity index (χ1) is 10.8. The minimum absolute atomic E-state index is 0.0229. The fraction of sp³-hybridized carbons (Fsp3) is 0.316. The average Bonchev–Trinajstić information content (AvgIpc) is 2.48. The van der Waals surface area contributed by atoms with Gasteiger partial charge in [-0.2, -0.15) is 0 Å². The van der Waals surface area contributed by atoms with Crippen LogP contribution >= 0.6 is 11.6 Å². The van der Waals surface area contributed by atoms with Crippen LogP contribution in [0.4, 0.5) is 0 Å².